The van der Waals surface area contributed by atoms with Gasteiger partial charge in [-0.25, -0.2) is 9.97 Å². The number of nitrogen functional groups attached to an aromatic ring is 1. The number of nitrogens with one attached hydrogen (secondary N) is 1. The molecule has 6 rings (SSSR count). The minimum atomic E-state index is 0.513. The van der Waals surface area contributed by atoms with E-state index in [1.807, 2.05) is 12.1 Å². The van der Waals surface area contributed by atoms with Crippen molar-refractivity contribution in [2.24, 2.45) is 5.92 Å². The predicted molar refractivity (Wildman–Crippen MR) is 159 cm³/mol. The van der Waals surface area contributed by atoms with Crippen molar-refractivity contribution in [2.45, 2.75) is 71.4 Å². The highest BCUT2D eigenvalue weighted by atomic mass is 15.1. The van der Waals surface area contributed by atoms with Gasteiger partial charge < -0.3 is 15.6 Å². The Morgan fingerprint density at radius 2 is 1.61 bits per heavy atom. The Bertz CT molecular complexity index is 1560. The molecule has 1 fully saturated rings. The SMILES string of the molecule is CCCCc1nc2c(N)nc3ccccc3c2n1Cc1ccc(CNCCC2CCCC2)c2ccccc12. The molecule has 5 heteroatoms. The Labute approximate surface area is 225 Å². The molecule has 1 saturated carbocycles. The molecular weight excluding hydrogens is 466 g/mol. The van der Waals surface area contributed by atoms with Crippen molar-refractivity contribution in [1.82, 2.24) is 19.9 Å². The number of hydrogen-bond donors (Lipinski definition) is 2. The normalized spacial score (nSPS) is 14.3. The van der Waals surface area contributed by atoms with Crippen molar-refractivity contribution in [3.05, 3.63) is 77.6 Å². The standard InChI is InChI=1S/C33H39N5/c1-2-3-16-30-37-31-32(28-14-8-9-15-29(28)36-33(31)34)38(30)22-25-18-17-24(26-12-6-7-13-27(25)26)21-35-20-19-23-10-4-5-11-23/h6-9,12-15,17-18,23,35H,2-5,10-11,16,19-22H2,1H3,(H2,34,36). The van der Waals surface area contributed by atoms with Crippen LogP contribution in [0, 0.1) is 5.92 Å². The molecule has 0 radical (unpaired) electrons. The Hall–Kier alpha value is -3.44. The maximum absolute atomic E-state index is 6.44. The van der Waals surface area contributed by atoms with Gasteiger partial charge in [0, 0.05) is 24.9 Å². The highest BCUT2D eigenvalue weighted by Gasteiger charge is 2.19. The lowest BCUT2D eigenvalue weighted by atomic mass is 9.99. The van der Waals surface area contributed by atoms with E-state index < -0.39 is 0 Å². The van der Waals surface area contributed by atoms with E-state index in [9.17, 15) is 0 Å². The third-order valence-corrected chi connectivity index (χ3v) is 8.40. The molecule has 0 atom stereocenters. The second-order valence-corrected chi connectivity index (χ2v) is 11.0. The van der Waals surface area contributed by atoms with E-state index in [-0.39, 0.29) is 0 Å². The van der Waals surface area contributed by atoms with Gasteiger partial charge in [-0.1, -0.05) is 93.6 Å². The number of hydrogen-bond acceptors (Lipinski definition) is 4. The minimum absolute atomic E-state index is 0.513. The molecule has 5 nitrogen and oxygen atoms in total. The molecule has 0 bridgehead atoms. The second kappa shape index (κ2) is 11.1. The monoisotopic (exact) mass is 505 g/mol. The summed E-state index contributed by atoms with van der Waals surface area (Å²) in [6.07, 6.45) is 10.1. The van der Waals surface area contributed by atoms with Crippen LogP contribution in [-0.4, -0.2) is 21.1 Å². The summed E-state index contributed by atoms with van der Waals surface area (Å²) in [5.41, 5.74) is 12.0. The number of fused-ring (bicyclic) bond motifs is 4. The third-order valence-electron chi connectivity index (χ3n) is 8.40. The van der Waals surface area contributed by atoms with E-state index in [1.54, 1.807) is 0 Å². The van der Waals surface area contributed by atoms with E-state index in [4.69, 9.17) is 10.7 Å². The van der Waals surface area contributed by atoms with Crippen LogP contribution in [0.15, 0.2) is 60.7 Å². The molecule has 0 saturated heterocycles. The molecule has 2 heterocycles. The van der Waals surface area contributed by atoms with Gasteiger partial charge >= 0.3 is 0 Å². The molecule has 1 aliphatic rings. The first-order valence-corrected chi connectivity index (χ1v) is 14.5. The number of aryl methyl sites for hydroxylation is 1. The van der Waals surface area contributed by atoms with Gasteiger partial charge in [0.2, 0.25) is 0 Å². The summed E-state index contributed by atoms with van der Waals surface area (Å²) in [6.45, 7) is 5.01. The van der Waals surface area contributed by atoms with Crippen molar-refractivity contribution < 1.29 is 0 Å². The van der Waals surface area contributed by atoms with Gasteiger partial charge in [-0.05, 0) is 53.3 Å². The zero-order chi connectivity index (χ0) is 25.9. The minimum Gasteiger partial charge on any atom is -0.382 e. The van der Waals surface area contributed by atoms with Gasteiger partial charge in [0.1, 0.15) is 11.3 Å². The highest BCUT2D eigenvalue weighted by molar-refractivity contribution is 6.06. The summed E-state index contributed by atoms with van der Waals surface area (Å²) in [6, 6.07) is 21.8. The number of para-hydroxylation sites is 1. The Morgan fingerprint density at radius 1 is 0.895 bits per heavy atom. The number of unbranched alkanes of at least 4 members (excludes halogenated alkanes) is 1. The summed E-state index contributed by atoms with van der Waals surface area (Å²) >= 11 is 0. The number of pyridine rings is 1. The zero-order valence-corrected chi connectivity index (χ0v) is 22.5. The second-order valence-electron chi connectivity index (χ2n) is 11.0. The average molecular weight is 506 g/mol. The van der Waals surface area contributed by atoms with E-state index in [0.717, 1.165) is 72.6 Å². The van der Waals surface area contributed by atoms with Crippen molar-refractivity contribution >= 4 is 38.5 Å². The fourth-order valence-corrected chi connectivity index (χ4v) is 6.32. The van der Waals surface area contributed by atoms with Gasteiger partial charge in [0.15, 0.2) is 5.82 Å². The van der Waals surface area contributed by atoms with Crippen molar-refractivity contribution in [3.8, 4) is 0 Å². The lowest BCUT2D eigenvalue weighted by Crippen LogP contribution is -2.17. The smallest absolute Gasteiger partial charge is 0.152 e. The summed E-state index contributed by atoms with van der Waals surface area (Å²) < 4.78 is 2.40. The molecule has 0 amide bonds. The lowest BCUT2D eigenvalue weighted by Gasteiger charge is -2.16. The van der Waals surface area contributed by atoms with Gasteiger partial charge in [0.25, 0.3) is 0 Å². The Balaban J connectivity index is 1.36. The van der Waals surface area contributed by atoms with Crippen molar-refractivity contribution in [1.29, 1.82) is 0 Å². The van der Waals surface area contributed by atoms with Crippen LogP contribution in [0.2, 0.25) is 0 Å². The van der Waals surface area contributed by atoms with E-state index in [2.05, 4.69) is 70.3 Å². The summed E-state index contributed by atoms with van der Waals surface area (Å²) in [5, 5.41) is 7.50. The molecule has 5 aromatic rings. The van der Waals surface area contributed by atoms with Crippen LogP contribution in [0.25, 0.3) is 32.7 Å². The highest BCUT2D eigenvalue weighted by Crippen LogP contribution is 2.32. The number of benzene rings is 3. The van der Waals surface area contributed by atoms with Crippen LogP contribution < -0.4 is 11.1 Å². The zero-order valence-electron chi connectivity index (χ0n) is 22.5. The first-order valence-electron chi connectivity index (χ1n) is 14.5. The molecule has 3 N–H and O–H groups in total. The van der Waals surface area contributed by atoms with Crippen LogP contribution in [0.1, 0.15) is 68.8 Å². The Kier molecular flexibility index (Phi) is 7.28. The van der Waals surface area contributed by atoms with Crippen molar-refractivity contribution in [2.75, 3.05) is 12.3 Å². The number of nitrogens with two attached hydrogens (primary N) is 1. The van der Waals surface area contributed by atoms with E-state index in [0.29, 0.717) is 5.82 Å². The van der Waals surface area contributed by atoms with E-state index >= 15 is 0 Å². The van der Waals surface area contributed by atoms with Gasteiger partial charge in [-0.3, -0.25) is 0 Å². The third kappa shape index (κ3) is 4.88. The molecule has 38 heavy (non-hydrogen) atoms. The molecule has 3 aromatic carbocycles. The maximum atomic E-state index is 6.44. The number of aromatic nitrogens is 3. The van der Waals surface area contributed by atoms with Crippen LogP contribution in [0.5, 0.6) is 0 Å². The molecule has 0 aliphatic heterocycles. The maximum Gasteiger partial charge on any atom is 0.152 e. The molecule has 2 aromatic heterocycles. The lowest BCUT2D eigenvalue weighted by molar-refractivity contribution is 0.478. The summed E-state index contributed by atoms with van der Waals surface area (Å²) in [5.74, 6) is 2.53. The topological polar surface area (TPSA) is 68.8 Å². The molecule has 196 valence electrons. The number of rotatable bonds is 10. The molecule has 1 aliphatic carbocycles. The fourth-order valence-electron chi connectivity index (χ4n) is 6.32. The van der Waals surface area contributed by atoms with Crippen LogP contribution in [0.4, 0.5) is 5.82 Å². The van der Waals surface area contributed by atoms with Crippen LogP contribution >= 0.6 is 0 Å². The molecular formula is C33H39N5. The predicted octanol–water partition coefficient (Wildman–Crippen LogP) is 7.38. The van der Waals surface area contributed by atoms with Gasteiger partial charge in [0.05, 0.1) is 11.0 Å². The quantitative estimate of drug-likeness (QED) is 0.194. The summed E-state index contributed by atoms with van der Waals surface area (Å²) in [7, 11) is 0. The fraction of sp³-hybridized carbons (Fsp3) is 0.394. The molecule has 0 spiro atoms. The first kappa shape index (κ1) is 24.9. The number of nitrogens with zero attached hydrogens (tertiary/aromatic N) is 3. The van der Waals surface area contributed by atoms with Gasteiger partial charge in [-0.2, -0.15) is 0 Å². The number of imidazole rings is 1. The molecule has 0 unspecified atom stereocenters. The number of anilines is 1. The van der Waals surface area contributed by atoms with E-state index in [1.165, 1.54) is 54.0 Å². The van der Waals surface area contributed by atoms with Crippen LogP contribution in [-0.2, 0) is 19.5 Å². The van der Waals surface area contributed by atoms with Crippen LogP contribution in [0.3, 0.4) is 0 Å². The first-order chi connectivity index (χ1) is 18.7. The summed E-state index contributed by atoms with van der Waals surface area (Å²) in [4.78, 5) is 9.70. The van der Waals surface area contributed by atoms with Crippen molar-refractivity contribution in [3.63, 3.8) is 0 Å². The largest absolute Gasteiger partial charge is 0.382 e. The average Bonchev–Trinajstić information content (AvgIpc) is 3.59. The van der Waals surface area contributed by atoms with Gasteiger partial charge in [-0.15, -0.1) is 0 Å². The Morgan fingerprint density at radius 3 is 2.39 bits per heavy atom.